The van der Waals surface area contributed by atoms with Crippen molar-refractivity contribution < 1.29 is 24.8 Å². The summed E-state index contributed by atoms with van der Waals surface area (Å²) in [6.07, 6.45) is 12.2. The van der Waals surface area contributed by atoms with Crippen LogP contribution in [0.1, 0.15) is 119 Å². The van der Waals surface area contributed by atoms with E-state index in [0.717, 1.165) is 93.7 Å². The van der Waals surface area contributed by atoms with Crippen molar-refractivity contribution in [2.45, 2.75) is 111 Å². The van der Waals surface area contributed by atoms with Gasteiger partial charge in [-0.3, -0.25) is 0 Å². The molecule has 1 aromatic carbocycles. The van der Waals surface area contributed by atoms with E-state index in [-0.39, 0.29) is 17.1 Å². The van der Waals surface area contributed by atoms with Gasteiger partial charge in [-0.15, -0.1) is 0 Å². The van der Waals surface area contributed by atoms with Gasteiger partial charge in [0.15, 0.2) is 5.75 Å². The third kappa shape index (κ3) is 7.82. The maximum Gasteiger partial charge on any atom is 0.339 e. The molecule has 0 amide bonds. The lowest BCUT2D eigenvalue weighted by Gasteiger charge is -2.22. The molecule has 1 rings (SSSR count). The quantitative estimate of drug-likeness (QED) is 0.160. The molecule has 0 bridgehead atoms. The first-order valence-corrected chi connectivity index (χ1v) is 11.9. The van der Waals surface area contributed by atoms with E-state index >= 15 is 0 Å². The molecule has 5 heteroatoms. The molecule has 0 saturated carbocycles. The minimum absolute atomic E-state index is 0.0145. The van der Waals surface area contributed by atoms with Crippen molar-refractivity contribution >= 4 is 5.97 Å². The monoisotopic (exact) mass is 422 g/mol. The zero-order chi connectivity index (χ0) is 22.4. The second-order valence-corrected chi connectivity index (χ2v) is 8.07. The zero-order valence-electron chi connectivity index (χ0n) is 19.5. The van der Waals surface area contributed by atoms with Crippen LogP contribution in [-0.4, -0.2) is 22.8 Å². The minimum atomic E-state index is -1.11. The van der Waals surface area contributed by atoms with Gasteiger partial charge in [0.2, 0.25) is 5.75 Å². The van der Waals surface area contributed by atoms with E-state index in [1.165, 1.54) is 0 Å². The van der Waals surface area contributed by atoms with Gasteiger partial charge >= 0.3 is 5.97 Å². The normalized spacial score (nSPS) is 11.1. The van der Waals surface area contributed by atoms with E-state index in [4.69, 9.17) is 9.78 Å². The predicted molar refractivity (Wildman–Crippen MR) is 122 cm³/mol. The molecule has 0 radical (unpaired) electrons. The third-order valence-electron chi connectivity index (χ3n) is 5.53. The number of rotatable bonds is 17. The molecular formula is C25H42O5. The Bertz CT molecular complexity index is 639. The van der Waals surface area contributed by atoms with E-state index in [9.17, 15) is 15.0 Å². The summed E-state index contributed by atoms with van der Waals surface area (Å²) in [7, 11) is 0. The van der Waals surface area contributed by atoms with Crippen molar-refractivity contribution in [1.82, 2.24) is 0 Å². The number of carboxylic acid groups (broad SMARTS) is 1. The molecule has 1 aromatic rings. The molecule has 0 aromatic heterocycles. The number of unbranched alkanes of at least 4 members (excludes halogenated alkanes) is 6. The number of phenols is 1. The molecule has 0 spiro atoms. The lowest BCUT2D eigenvalue weighted by Crippen LogP contribution is -2.13. The first-order chi connectivity index (χ1) is 14.5. The summed E-state index contributed by atoms with van der Waals surface area (Å²) in [5.41, 5.74) is 2.72. The molecule has 0 heterocycles. The summed E-state index contributed by atoms with van der Waals surface area (Å²) in [6, 6.07) is 0. The number of benzene rings is 1. The van der Waals surface area contributed by atoms with Crippen LogP contribution < -0.4 is 4.89 Å². The Morgan fingerprint density at radius 3 is 1.80 bits per heavy atom. The van der Waals surface area contributed by atoms with E-state index < -0.39 is 5.97 Å². The van der Waals surface area contributed by atoms with Crippen molar-refractivity contribution in [2.24, 2.45) is 0 Å². The molecule has 0 unspecified atom stereocenters. The average molecular weight is 423 g/mol. The molecule has 0 fully saturated rings. The van der Waals surface area contributed by atoms with Gasteiger partial charge in [0, 0.05) is 5.56 Å². The summed E-state index contributed by atoms with van der Waals surface area (Å²) in [5, 5.41) is 20.8. The second-order valence-electron chi connectivity index (χ2n) is 8.07. The van der Waals surface area contributed by atoms with Crippen LogP contribution in [0.3, 0.4) is 0 Å². The average Bonchev–Trinajstić information content (AvgIpc) is 2.73. The smallest absolute Gasteiger partial charge is 0.339 e. The standard InChI is InChI=1S/C25H42O5/c1-5-9-13-14-18-29-30-24-21(17-12-8-4)19(15-10-6-2)20(16-11-7-3)22(23(24)26)25(27)28/h26H,5-18H2,1-4H3,(H,27,28). The highest BCUT2D eigenvalue weighted by molar-refractivity contribution is 5.94. The van der Waals surface area contributed by atoms with Crippen LogP contribution in [0.15, 0.2) is 0 Å². The van der Waals surface area contributed by atoms with Gasteiger partial charge in [0.25, 0.3) is 0 Å². The number of carboxylic acids is 1. The van der Waals surface area contributed by atoms with E-state index in [1.807, 2.05) is 0 Å². The third-order valence-corrected chi connectivity index (χ3v) is 5.53. The largest absolute Gasteiger partial charge is 0.504 e. The van der Waals surface area contributed by atoms with Crippen LogP contribution in [0.2, 0.25) is 0 Å². The lowest BCUT2D eigenvalue weighted by molar-refractivity contribution is -0.208. The first kappa shape index (κ1) is 26.3. The van der Waals surface area contributed by atoms with Crippen molar-refractivity contribution in [1.29, 1.82) is 0 Å². The Morgan fingerprint density at radius 1 is 0.733 bits per heavy atom. The Labute approximate surface area is 182 Å². The van der Waals surface area contributed by atoms with E-state index in [0.29, 0.717) is 13.0 Å². The summed E-state index contributed by atoms with van der Waals surface area (Å²) in [6.45, 7) is 8.93. The van der Waals surface area contributed by atoms with Crippen molar-refractivity contribution in [2.75, 3.05) is 6.61 Å². The summed E-state index contributed by atoms with van der Waals surface area (Å²) in [4.78, 5) is 23.1. The molecule has 0 aliphatic rings. The van der Waals surface area contributed by atoms with Crippen molar-refractivity contribution in [3.63, 3.8) is 0 Å². The van der Waals surface area contributed by atoms with Crippen LogP contribution in [-0.2, 0) is 24.2 Å². The maximum atomic E-state index is 12.1. The highest BCUT2D eigenvalue weighted by atomic mass is 17.2. The fraction of sp³-hybridized carbons (Fsp3) is 0.720. The van der Waals surface area contributed by atoms with Crippen molar-refractivity contribution in [3.05, 3.63) is 22.3 Å². The topological polar surface area (TPSA) is 76.0 Å². The van der Waals surface area contributed by atoms with Gasteiger partial charge in [0.1, 0.15) is 5.56 Å². The van der Waals surface area contributed by atoms with Crippen LogP contribution in [0.5, 0.6) is 11.5 Å². The number of aromatic carboxylic acids is 1. The number of aromatic hydroxyl groups is 1. The van der Waals surface area contributed by atoms with Gasteiger partial charge in [-0.2, -0.15) is 4.89 Å². The van der Waals surface area contributed by atoms with Crippen LogP contribution in [0.25, 0.3) is 0 Å². The van der Waals surface area contributed by atoms with Crippen molar-refractivity contribution in [3.8, 4) is 11.5 Å². The molecule has 172 valence electrons. The second kappa shape index (κ2) is 15.1. The van der Waals surface area contributed by atoms with Gasteiger partial charge < -0.3 is 15.1 Å². The van der Waals surface area contributed by atoms with Gasteiger partial charge in [-0.25, -0.2) is 4.79 Å². The number of hydrogen-bond acceptors (Lipinski definition) is 4. The Morgan fingerprint density at radius 2 is 1.27 bits per heavy atom. The fourth-order valence-electron chi connectivity index (χ4n) is 3.78. The van der Waals surface area contributed by atoms with Crippen LogP contribution >= 0.6 is 0 Å². The number of carbonyl (C=O) groups is 1. The van der Waals surface area contributed by atoms with Crippen LogP contribution in [0.4, 0.5) is 0 Å². The Kier molecular flexibility index (Phi) is 13.2. The van der Waals surface area contributed by atoms with Gasteiger partial charge in [-0.1, -0.05) is 66.2 Å². The summed E-state index contributed by atoms with van der Waals surface area (Å²) < 4.78 is 0. The molecule has 30 heavy (non-hydrogen) atoms. The predicted octanol–water partition coefficient (Wildman–Crippen LogP) is 7.01. The minimum Gasteiger partial charge on any atom is -0.504 e. The highest BCUT2D eigenvalue weighted by Gasteiger charge is 2.28. The SMILES string of the molecule is CCCCCCOOc1c(O)c(C(=O)O)c(CCCC)c(CCCC)c1CCCC. The molecular weight excluding hydrogens is 380 g/mol. The van der Waals surface area contributed by atoms with E-state index in [2.05, 4.69) is 27.7 Å². The zero-order valence-corrected chi connectivity index (χ0v) is 19.5. The van der Waals surface area contributed by atoms with E-state index in [1.54, 1.807) is 0 Å². The van der Waals surface area contributed by atoms with Gasteiger partial charge in [-0.05, 0) is 56.1 Å². The Balaban J connectivity index is 3.39. The summed E-state index contributed by atoms with van der Waals surface area (Å²) >= 11 is 0. The first-order valence-electron chi connectivity index (χ1n) is 11.9. The number of hydrogen-bond donors (Lipinski definition) is 2. The maximum absolute atomic E-state index is 12.1. The molecule has 5 nitrogen and oxygen atoms in total. The highest BCUT2D eigenvalue weighted by Crippen LogP contribution is 2.42. The molecule has 0 aliphatic carbocycles. The molecule has 2 N–H and O–H groups in total. The van der Waals surface area contributed by atoms with Crippen LogP contribution in [0, 0.1) is 0 Å². The molecule has 0 saturated heterocycles. The fourth-order valence-corrected chi connectivity index (χ4v) is 3.78. The summed E-state index contributed by atoms with van der Waals surface area (Å²) in [5.74, 6) is -1.18. The van der Waals surface area contributed by atoms with Gasteiger partial charge in [0.05, 0.1) is 6.61 Å². The molecule has 0 aliphatic heterocycles. The molecule has 0 atom stereocenters. The lowest BCUT2D eigenvalue weighted by atomic mass is 9.86. The Hall–Kier alpha value is -1.75.